The first kappa shape index (κ1) is 30.1. The normalized spacial score (nSPS) is 16.8. The second-order valence-electron chi connectivity index (χ2n) is 11.8. The molecule has 0 amide bonds. The van der Waals surface area contributed by atoms with Crippen molar-refractivity contribution in [3.63, 3.8) is 0 Å². The van der Waals surface area contributed by atoms with Crippen molar-refractivity contribution in [3.05, 3.63) is 58.8 Å². The number of nitrogens with zero attached hydrogens (tertiary/aromatic N) is 6. The zero-order chi connectivity index (χ0) is 30.2. The summed E-state index contributed by atoms with van der Waals surface area (Å²) < 4.78 is 19.8. The summed E-state index contributed by atoms with van der Waals surface area (Å²) in [5.74, 6) is 0.954. The molecule has 0 bridgehead atoms. The van der Waals surface area contributed by atoms with Gasteiger partial charge in [0.15, 0.2) is 5.82 Å². The Kier molecular flexibility index (Phi) is 8.38. The summed E-state index contributed by atoms with van der Waals surface area (Å²) in [6.07, 6.45) is 6.08. The van der Waals surface area contributed by atoms with Crippen LogP contribution in [0.25, 0.3) is 0 Å². The number of methoxy groups -OCH3 is 1. The maximum absolute atomic E-state index is 12.9. The number of hydrogen-bond acceptors (Lipinski definition) is 10. The van der Waals surface area contributed by atoms with Crippen molar-refractivity contribution in [3.8, 4) is 5.75 Å². The lowest BCUT2D eigenvalue weighted by Crippen LogP contribution is -2.59. The van der Waals surface area contributed by atoms with E-state index in [-0.39, 0.29) is 22.0 Å². The molecule has 1 saturated heterocycles. The van der Waals surface area contributed by atoms with Gasteiger partial charge in [0.2, 0.25) is 5.95 Å². The molecule has 42 heavy (non-hydrogen) atoms. The predicted molar refractivity (Wildman–Crippen MR) is 169 cm³/mol. The van der Waals surface area contributed by atoms with E-state index in [0.29, 0.717) is 40.0 Å². The van der Waals surface area contributed by atoms with Gasteiger partial charge in [-0.2, -0.15) is 4.98 Å². The Bertz CT molecular complexity index is 1520. The molecule has 2 heterocycles. The molecular formula is C29H37ClN7O4P. The van der Waals surface area contributed by atoms with Crippen LogP contribution in [0.1, 0.15) is 25.7 Å². The Labute approximate surface area is 251 Å². The van der Waals surface area contributed by atoms with E-state index in [0.717, 1.165) is 38.8 Å². The van der Waals surface area contributed by atoms with Crippen LogP contribution in [0, 0.1) is 15.5 Å². The highest BCUT2D eigenvalue weighted by molar-refractivity contribution is 7.70. The molecule has 1 aliphatic heterocycles. The minimum atomic E-state index is -2.62. The van der Waals surface area contributed by atoms with Crippen molar-refractivity contribution in [2.75, 3.05) is 62.3 Å². The van der Waals surface area contributed by atoms with Gasteiger partial charge in [0.1, 0.15) is 18.6 Å². The molecule has 3 aromatic rings. The number of halogens is 1. The second kappa shape index (κ2) is 11.7. The fourth-order valence-corrected chi connectivity index (χ4v) is 7.53. The van der Waals surface area contributed by atoms with Gasteiger partial charge in [0, 0.05) is 66.0 Å². The van der Waals surface area contributed by atoms with Gasteiger partial charge < -0.3 is 24.4 Å². The summed E-state index contributed by atoms with van der Waals surface area (Å²) in [7, 11) is 3.16. The molecule has 13 heteroatoms. The molecule has 0 atom stereocenters. The molecule has 1 spiro atoms. The summed E-state index contributed by atoms with van der Waals surface area (Å²) in [4.78, 5) is 25.0. The number of hydrogen-bond donors (Lipinski definition) is 1. The third kappa shape index (κ3) is 6.04. The van der Waals surface area contributed by atoms with Crippen LogP contribution in [0.2, 0.25) is 0 Å². The van der Waals surface area contributed by atoms with Crippen molar-refractivity contribution in [1.82, 2.24) is 14.9 Å². The number of para-hydroxylation sites is 1. The smallest absolute Gasteiger partial charge is 0.294 e. The van der Waals surface area contributed by atoms with Gasteiger partial charge in [-0.05, 0) is 65.2 Å². The summed E-state index contributed by atoms with van der Waals surface area (Å²) in [6.45, 7) is 4.96. The highest BCUT2D eigenvalue weighted by Crippen LogP contribution is 2.49. The average Bonchev–Trinajstić information content (AvgIpc) is 2.95. The van der Waals surface area contributed by atoms with Crippen LogP contribution in [0.4, 0.5) is 34.5 Å². The van der Waals surface area contributed by atoms with Gasteiger partial charge in [-0.25, -0.2) is 9.40 Å². The van der Waals surface area contributed by atoms with Crippen molar-refractivity contribution < 1.29 is 14.2 Å². The number of anilines is 5. The number of nitro groups is 1. The second-order valence-corrected chi connectivity index (χ2v) is 15.4. The van der Waals surface area contributed by atoms with Crippen molar-refractivity contribution >= 4 is 58.7 Å². The molecule has 2 aliphatic rings. The van der Waals surface area contributed by atoms with Crippen molar-refractivity contribution in [2.45, 2.75) is 31.7 Å². The van der Waals surface area contributed by atoms with Crippen LogP contribution in [-0.4, -0.2) is 73.5 Å². The van der Waals surface area contributed by atoms with Gasteiger partial charge in [0.05, 0.1) is 23.4 Å². The Balaban J connectivity index is 1.38. The Morgan fingerprint density at radius 3 is 2.48 bits per heavy atom. The van der Waals surface area contributed by atoms with Gasteiger partial charge >= 0.3 is 0 Å². The minimum absolute atomic E-state index is 0.0131. The lowest BCUT2D eigenvalue weighted by Gasteiger charge is -2.54. The molecule has 0 unspecified atom stereocenters. The molecule has 2 fully saturated rings. The van der Waals surface area contributed by atoms with Crippen molar-refractivity contribution in [1.29, 1.82) is 0 Å². The van der Waals surface area contributed by atoms with Crippen LogP contribution in [0.15, 0.2) is 48.7 Å². The van der Waals surface area contributed by atoms with E-state index in [9.17, 15) is 14.7 Å². The maximum Gasteiger partial charge on any atom is 0.294 e. The van der Waals surface area contributed by atoms with E-state index >= 15 is 0 Å². The number of nitro benzene ring substituents is 1. The van der Waals surface area contributed by atoms with E-state index in [2.05, 4.69) is 39.2 Å². The molecule has 5 rings (SSSR count). The number of benzene rings is 2. The monoisotopic (exact) mass is 613 g/mol. The first-order valence-electron chi connectivity index (χ1n) is 13.9. The fourth-order valence-electron chi connectivity index (χ4n) is 6.05. The highest BCUT2D eigenvalue weighted by atomic mass is 35.5. The molecule has 1 saturated carbocycles. The SMILES string of the molecule is COc1cc(N2CC3(CCC(N(C)C)CC3)C2)c([N+](=O)[O-])cc1Nc1nccc(N(Cl)c2ccccc2P(C)(C)=O)n1. The first-order chi connectivity index (χ1) is 19.9. The van der Waals surface area contributed by atoms with E-state index in [1.54, 1.807) is 37.6 Å². The quantitative estimate of drug-likeness (QED) is 0.133. The molecule has 11 nitrogen and oxygen atoms in total. The summed E-state index contributed by atoms with van der Waals surface area (Å²) in [6, 6.07) is 12.6. The zero-order valence-corrected chi connectivity index (χ0v) is 26.2. The number of nitrogens with one attached hydrogen (secondary N) is 1. The summed E-state index contributed by atoms with van der Waals surface area (Å²) in [5, 5.41) is 15.9. The van der Waals surface area contributed by atoms with Gasteiger partial charge in [-0.3, -0.25) is 10.1 Å². The Morgan fingerprint density at radius 2 is 1.86 bits per heavy atom. The predicted octanol–water partition coefficient (Wildman–Crippen LogP) is 5.99. The average molecular weight is 614 g/mol. The molecule has 1 N–H and O–H groups in total. The lowest BCUT2D eigenvalue weighted by atomic mass is 9.67. The van der Waals surface area contributed by atoms with Gasteiger partial charge in [-0.15, -0.1) is 0 Å². The fraction of sp³-hybridized carbons (Fsp3) is 0.448. The third-order valence-electron chi connectivity index (χ3n) is 8.39. The summed E-state index contributed by atoms with van der Waals surface area (Å²) in [5.41, 5.74) is 1.66. The van der Waals surface area contributed by atoms with Crippen LogP contribution in [0.3, 0.4) is 0 Å². The minimum Gasteiger partial charge on any atom is -0.494 e. The molecule has 0 radical (unpaired) electrons. The van der Waals surface area contributed by atoms with Gasteiger partial charge in [0.25, 0.3) is 5.69 Å². The van der Waals surface area contributed by atoms with Crippen LogP contribution in [0.5, 0.6) is 5.75 Å². The van der Waals surface area contributed by atoms with Crippen molar-refractivity contribution in [2.24, 2.45) is 5.41 Å². The Hall–Kier alpha value is -3.40. The van der Waals surface area contributed by atoms with E-state index in [1.807, 2.05) is 12.1 Å². The number of rotatable bonds is 9. The first-order valence-corrected chi connectivity index (χ1v) is 16.8. The highest BCUT2D eigenvalue weighted by Gasteiger charge is 2.47. The topological polar surface area (TPSA) is 117 Å². The summed E-state index contributed by atoms with van der Waals surface area (Å²) >= 11 is 6.68. The van der Waals surface area contributed by atoms with E-state index < -0.39 is 7.14 Å². The number of aromatic nitrogens is 2. The zero-order valence-electron chi connectivity index (χ0n) is 24.6. The Morgan fingerprint density at radius 1 is 1.17 bits per heavy atom. The molecule has 2 aromatic carbocycles. The van der Waals surface area contributed by atoms with Crippen LogP contribution < -0.4 is 24.7 Å². The van der Waals surface area contributed by atoms with Gasteiger partial charge in [-0.1, -0.05) is 12.1 Å². The molecular weight excluding hydrogens is 577 g/mol. The van der Waals surface area contributed by atoms with Crippen LogP contribution in [-0.2, 0) is 4.57 Å². The largest absolute Gasteiger partial charge is 0.494 e. The third-order valence-corrected chi connectivity index (χ3v) is 10.3. The van der Waals surface area contributed by atoms with Crippen LogP contribution >= 0.6 is 18.9 Å². The molecule has 1 aromatic heterocycles. The maximum atomic E-state index is 12.9. The molecule has 1 aliphatic carbocycles. The molecule has 224 valence electrons. The number of ether oxygens (including phenoxy) is 1. The standard InChI is InChI=1S/C29H37ClN7O4P/c1-34(2)20-10-13-29(14-11-20)18-35(19-29)23-17-25(41-3)21(16-24(23)37(38)39)32-28-31-15-12-27(33-28)36(30)22-8-6-7-9-26(22)42(4,5)40/h6-9,12,15-17,20H,10-11,13-14,18-19H2,1-5H3,(H,31,32,33). The van der Waals surface area contributed by atoms with E-state index in [1.165, 1.54) is 23.8 Å². The van der Waals surface area contributed by atoms with E-state index in [4.69, 9.17) is 16.5 Å². The lowest BCUT2D eigenvalue weighted by molar-refractivity contribution is -0.384.